The van der Waals surface area contributed by atoms with Crippen molar-refractivity contribution in [1.29, 1.82) is 0 Å². The minimum absolute atomic E-state index is 0.0205. The third-order valence-electron chi connectivity index (χ3n) is 4.50. The van der Waals surface area contributed by atoms with E-state index in [0.717, 1.165) is 31.5 Å². The van der Waals surface area contributed by atoms with Crippen LogP contribution in [0.2, 0.25) is 0 Å². The standard InChI is InChI=1S/C19H23N3O/c1-15-6-2-3-9-18(15)17-8-5-11-22(14-17)19(23)21-13-16-7-4-10-20-12-16/h2-4,6-7,9-10,12,17H,5,8,11,13-14H2,1H3,(H,21,23). The third-order valence-corrected chi connectivity index (χ3v) is 4.50. The molecule has 0 aliphatic carbocycles. The first kappa shape index (κ1) is 15.5. The molecule has 0 radical (unpaired) electrons. The number of piperidine rings is 1. The second-order valence-electron chi connectivity index (χ2n) is 6.16. The predicted octanol–water partition coefficient (Wildman–Crippen LogP) is 3.48. The number of aryl methyl sites for hydroxylation is 1. The molecule has 1 saturated heterocycles. The van der Waals surface area contributed by atoms with Crippen LogP contribution in [-0.2, 0) is 6.54 Å². The molecule has 2 amide bonds. The Morgan fingerprint density at radius 3 is 2.96 bits per heavy atom. The largest absolute Gasteiger partial charge is 0.334 e. The summed E-state index contributed by atoms with van der Waals surface area (Å²) in [6.07, 6.45) is 5.73. The first-order valence-electron chi connectivity index (χ1n) is 8.21. The highest BCUT2D eigenvalue weighted by Crippen LogP contribution is 2.28. The van der Waals surface area contributed by atoms with E-state index in [4.69, 9.17) is 0 Å². The van der Waals surface area contributed by atoms with Crippen LogP contribution in [0, 0.1) is 6.92 Å². The van der Waals surface area contributed by atoms with Gasteiger partial charge in [0.15, 0.2) is 0 Å². The van der Waals surface area contributed by atoms with E-state index >= 15 is 0 Å². The molecule has 1 aliphatic heterocycles. The smallest absolute Gasteiger partial charge is 0.317 e. The number of likely N-dealkylation sites (tertiary alicyclic amines) is 1. The molecular formula is C19H23N3O. The average Bonchev–Trinajstić information content (AvgIpc) is 2.61. The minimum atomic E-state index is 0.0205. The molecule has 1 aromatic carbocycles. The number of amides is 2. The molecule has 1 N–H and O–H groups in total. The summed E-state index contributed by atoms with van der Waals surface area (Å²) in [6.45, 7) is 4.31. The van der Waals surface area contributed by atoms with Crippen molar-refractivity contribution in [3.8, 4) is 0 Å². The number of pyridine rings is 1. The molecule has 0 spiro atoms. The van der Waals surface area contributed by atoms with Crippen LogP contribution in [0.25, 0.3) is 0 Å². The van der Waals surface area contributed by atoms with Gasteiger partial charge in [0.1, 0.15) is 0 Å². The highest BCUT2D eigenvalue weighted by atomic mass is 16.2. The number of nitrogens with zero attached hydrogens (tertiary/aromatic N) is 2. The van der Waals surface area contributed by atoms with Crippen LogP contribution in [-0.4, -0.2) is 29.0 Å². The van der Waals surface area contributed by atoms with E-state index in [2.05, 4.69) is 41.5 Å². The lowest BCUT2D eigenvalue weighted by molar-refractivity contribution is 0.179. The molecule has 23 heavy (non-hydrogen) atoms. The summed E-state index contributed by atoms with van der Waals surface area (Å²) in [5.74, 6) is 0.439. The normalized spacial score (nSPS) is 17.8. The summed E-state index contributed by atoms with van der Waals surface area (Å²) in [5.41, 5.74) is 3.71. The quantitative estimate of drug-likeness (QED) is 0.943. The number of urea groups is 1. The molecule has 1 aliphatic rings. The maximum Gasteiger partial charge on any atom is 0.317 e. The van der Waals surface area contributed by atoms with Gasteiger partial charge in [0.25, 0.3) is 0 Å². The number of carbonyl (C=O) groups excluding carboxylic acids is 1. The van der Waals surface area contributed by atoms with Crippen LogP contribution >= 0.6 is 0 Å². The molecule has 4 nitrogen and oxygen atoms in total. The van der Waals surface area contributed by atoms with E-state index in [1.165, 1.54) is 11.1 Å². The van der Waals surface area contributed by atoms with Gasteiger partial charge in [0, 0.05) is 37.9 Å². The van der Waals surface area contributed by atoms with Crippen molar-refractivity contribution < 1.29 is 4.79 Å². The van der Waals surface area contributed by atoms with Gasteiger partial charge in [-0.15, -0.1) is 0 Å². The lowest BCUT2D eigenvalue weighted by atomic mass is 9.88. The molecule has 0 bridgehead atoms. The zero-order valence-electron chi connectivity index (χ0n) is 13.5. The van der Waals surface area contributed by atoms with E-state index in [1.807, 2.05) is 17.0 Å². The first-order valence-corrected chi connectivity index (χ1v) is 8.21. The van der Waals surface area contributed by atoms with Gasteiger partial charge in [0.2, 0.25) is 0 Å². The Morgan fingerprint density at radius 2 is 2.17 bits per heavy atom. The Kier molecular flexibility index (Phi) is 4.91. The topological polar surface area (TPSA) is 45.2 Å². The van der Waals surface area contributed by atoms with Crippen molar-refractivity contribution in [1.82, 2.24) is 15.2 Å². The van der Waals surface area contributed by atoms with Crippen molar-refractivity contribution in [2.24, 2.45) is 0 Å². The monoisotopic (exact) mass is 309 g/mol. The van der Waals surface area contributed by atoms with Crippen molar-refractivity contribution in [2.75, 3.05) is 13.1 Å². The van der Waals surface area contributed by atoms with Crippen LogP contribution in [0.3, 0.4) is 0 Å². The molecule has 2 aromatic rings. The van der Waals surface area contributed by atoms with Gasteiger partial charge >= 0.3 is 6.03 Å². The number of rotatable bonds is 3. The van der Waals surface area contributed by atoms with Gasteiger partial charge in [0.05, 0.1) is 0 Å². The van der Waals surface area contributed by atoms with Crippen molar-refractivity contribution in [3.63, 3.8) is 0 Å². The molecule has 120 valence electrons. The highest BCUT2D eigenvalue weighted by Gasteiger charge is 2.25. The summed E-state index contributed by atoms with van der Waals surface area (Å²) in [6, 6.07) is 12.4. The lowest BCUT2D eigenvalue weighted by Gasteiger charge is -2.33. The average molecular weight is 309 g/mol. The molecule has 0 saturated carbocycles. The van der Waals surface area contributed by atoms with Gasteiger partial charge in [-0.25, -0.2) is 4.79 Å². The minimum Gasteiger partial charge on any atom is -0.334 e. The molecule has 1 unspecified atom stereocenters. The van der Waals surface area contributed by atoms with Crippen molar-refractivity contribution >= 4 is 6.03 Å². The summed E-state index contributed by atoms with van der Waals surface area (Å²) in [7, 11) is 0. The van der Waals surface area contributed by atoms with E-state index in [0.29, 0.717) is 12.5 Å². The number of hydrogen-bond donors (Lipinski definition) is 1. The summed E-state index contributed by atoms with van der Waals surface area (Å²) in [4.78, 5) is 18.4. The Balaban J connectivity index is 1.60. The van der Waals surface area contributed by atoms with Crippen LogP contribution in [0.15, 0.2) is 48.8 Å². The van der Waals surface area contributed by atoms with Gasteiger partial charge in [-0.2, -0.15) is 0 Å². The summed E-state index contributed by atoms with van der Waals surface area (Å²) >= 11 is 0. The van der Waals surface area contributed by atoms with Gasteiger partial charge in [-0.3, -0.25) is 4.98 Å². The van der Waals surface area contributed by atoms with Crippen LogP contribution in [0.5, 0.6) is 0 Å². The predicted molar refractivity (Wildman–Crippen MR) is 91.2 cm³/mol. The summed E-state index contributed by atoms with van der Waals surface area (Å²) < 4.78 is 0. The maximum atomic E-state index is 12.4. The second-order valence-corrected chi connectivity index (χ2v) is 6.16. The molecular weight excluding hydrogens is 286 g/mol. The zero-order valence-corrected chi connectivity index (χ0v) is 13.5. The van der Waals surface area contributed by atoms with E-state index in [-0.39, 0.29) is 6.03 Å². The molecule has 4 heteroatoms. The fourth-order valence-corrected chi connectivity index (χ4v) is 3.25. The zero-order chi connectivity index (χ0) is 16.1. The number of hydrogen-bond acceptors (Lipinski definition) is 2. The molecule has 3 rings (SSSR count). The number of nitrogens with one attached hydrogen (secondary N) is 1. The maximum absolute atomic E-state index is 12.4. The Morgan fingerprint density at radius 1 is 1.30 bits per heavy atom. The van der Waals surface area contributed by atoms with Gasteiger partial charge in [-0.1, -0.05) is 30.3 Å². The van der Waals surface area contributed by atoms with Gasteiger partial charge in [-0.05, 0) is 42.5 Å². The SMILES string of the molecule is Cc1ccccc1C1CCCN(C(=O)NCc2cccnc2)C1. The molecule has 1 atom stereocenters. The van der Waals surface area contributed by atoms with Crippen LogP contribution < -0.4 is 5.32 Å². The lowest BCUT2D eigenvalue weighted by Crippen LogP contribution is -2.44. The number of carbonyl (C=O) groups is 1. The Bertz CT molecular complexity index is 657. The first-order chi connectivity index (χ1) is 11.2. The van der Waals surface area contributed by atoms with Crippen molar-refractivity contribution in [3.05, 3.63) is 65.5 Å². The Hall–Kier alpha value is -2.36. The highest BCUT2D eigenvalue weighted by molar-refractivity contribution is 5.74. The van der Waals surface area contributed by atoms with Gasteiger partial charge < -0.3 is 10.2 Å². The number of aromatic nitrogens is 1. The van der Waals surface area contributed by atoms with Crippen LogP contribution in [0.4, 0.5) is 4.79 Å². The molecule has 1 aromatic heterocycles. The molecule has 2 heterocycles. The number of benzene rings is 1. The summed E-state index contributed by atoms with van der Waals surface area (Å²) in [5, 5.41) is 3.00. The fourth-order valence-electron chi connectivity index (χ4n) is 3.25. The second kappa shape index (κ2) is 7.27. The fraction of sp³-hybridized carbons (Fsp3) is 0.368. The van der Waals surface area contributed by atoms with E-state index < -0.39 is 0 Å². The molecule has 1 fully saturated rings. The van der Waals surface area contributed by atoms with Crippen molar-refractivity contribution in [2.45, 2.75) is 32.2 Å². The van der Waals surface area contributed by atoms with E-state index in [9.17, 15) is 4.79 Å². The Labute approximate surface area is 137 Å². The third kappa shape index (κ3) is 3.89. The van der Waals surface area contributed by atoms with Crippen LogP contribution in [0.1, 0.15) is 35.4 Å². The van der Waals surface area contributed by atoms with E-state index in [1.54, 1.807) is 12.4 Å².